The molecule has 0 unspecified atom stereocenters. The molecule has 0 bridgehead atoms. The number of aryl methyl sites for hydroxylation is 2. The second-order valence-corrected chi connectivity index (χ2v) is 4.39. The minimum atomic E-state index is -0.349. The fourth-order valence-electron chi connectivity index (χ4n) is 1.77. The lowest BCUT2D eigenvalue weighted by atomic mass is 10.2. The van der Waals surface area contributed by atoms with Crippen LogP contribution < -0.4 is 11.2 Å². The van der Waals surface area contributed by atoms with Crippen LogP contribution in [0.15, 0.2) is 45.0 Å². The van der Waals surface area contributed by atoms with Gasteiger partial charge in [0, 0.05) is 26.5 Å². The van der Waals surface area contributed by atoms with Crippen LogP contribution in [0.25, 0.3) is 0 Å². The Morgan fingerprint density at radius 3 is 2.53 bits per heavy atom. The smallest absolute Gasteiger partial charge is 0.303 e. The van der Waals surface area contributed by atoms with E-state index in [9.17, 15) is 9.59 Å². The number of rotatable bonds is 2. The first-order chi connectivity index (χ1) is 9.00. The van der Waals surface area contributed by atoms with Gasteiger partial charge in [-0.2, -0.15) is 0 Å². The third kappa shape index (κ3) is 2.54. The molecule has 2 rings (SSSR count). The van der Waals surface area contributed by atoms with Gasteiger partial charge in [-0.15, -0.1) is 0 Å². The minimum Gasteiger partial charge on any atom is -0.303 e. The number of aromatic nitrogens is 2. The topological polar surface area (TPSA) is 56.4 Å². The van der Waals surface area contributed by atoms with E-state index in [4.69, 9.17) is 0 Å². The number of nitrogens with zero attached hydrogens (tertiary/aromatic N) is 3. The molecule has 0 spiro atoms. The number of hydrogen-bond acceptors (Lipinski definition) is 3. The van der Waals surface area contributed by atoms with Crippen molar-refractivity contribution in [3.63, 3.8) is 0 Å². The van der Waals surface area contributed by atoms with Crippen molar-refractivity contribution in [3.8, 4) is 0 Å². The molecule has 19 heavy (non-hydrogen) atoms. The normalized spacial score (nSPS) is 11.1. The summed E-state index contributed by atoms with van der Waals surface area (Å²) in [5.74, 6) is 0. The average Bonchev–Trinajstić information content (AvgIpc) is 2.40. The molecule has 0 N–H and O–H groups in total. The molecule has 5 nitrogen and oxygen atoms in total. The van der Waals surface area contributed by atoms with Crippen molar-refractivity contribution in [2.24, 2.45) is 19.1 Å². The summed E-state index contributed by atoms with van der Waals surface area (Å²) in [7, 11) is 3.06. The first-order valence-electron chi connectivity index (χ1n) is 5.87. The summed E-state index contributed by atoms with van der Waals surface area (Å²) in [6.07, 6.45) is 2.98. The molecule has 0 amide bonds. The maximum atomic E-state index is 11.9. The van der Waals surface area contributed by atoms with Crippen LogP contribution in [0.2, 0.25) is 0 Å². The van der Waals surface area contributed by atoms with Crippen LogP contribution in [0, 0.1) is 6.92 Å². The third-order valence-electron chi connectivity index (χ3n) is 2.93. The van der Waals surface area contributed by atoms with E-state index in [1.165, 1.54) is 24.0 Å². The van der Waals surface area contributed by atoms with Crippen LogP contribution in [0.4, 0.5) is 5.69 Å². The van der Waals surface area contributed by atoms with Crippen molar-refractivity contribution >= 4 is 11.9 Å². The molecule has 5 heteroatoms. The summed E-state index contributed by atoms with van der Waals surface area (Å²) in [6, 6.07) is 7.64. The lowest BCUT2D eigenvalue weighted by Crippen LogP contribution is -2.38. The Balaban J connectivity index is 2.49. The highest BCUT2D eigenvalue weighted by atomic mass is 16.2. The van der Waals surface area contributed by atoms with Crippen LogP contribution in [0.3, 0.4) is 0 Å². The third-order valence-corrected chi connectivity index (χ3v) is 2.93. The van der Waals surface area contributed by atoms with Gasteiger partial charge in [-0.1, -0.05) is 18.2 Å². The Labute approximate surface area is 110 Å². The summed E-state index contributed by atoms with van der Waals surface area (Å²) in [5, 5.41) is 0. The zero-order valence-electron chi connectivity index (χ0n) is 11.1. The zero-order chi connectivity index (χ0) is 14.0. The molecule has 0 aliphatic carbocycles. The standard InChI is InChI=1S/C14H15N3O2/c1-10-6-4-5-7-12(10)15-8-11-9-16(2)14(19)17(3)13(11)18/h4-9H,1-3H3. The summed E-state index contributed by atoms with van der Waals surface area (Å²) >= 11 is 0. The molecule has 2 aromatic rings. The molecule has 0 radical (unpaired) electrons. The van der Waals surface area contributed by atoms with Crippen LogP contribution in [0.1, 0.15) is 11.1 Å². The summed E-state index contributed by atoms with van der Waals surface area (Å²) in [6.45, 7) is 1.95. The molecule has 0 fully saturated rings. The lowest BCUT2D eigenvalue weighted by molar-refractivity contribution is 0.684. The Bertz CT molecular complexity index is 754. The van der Waals surface area contributed by atoms with Gasteiger partial charge < -0.3 is 4.57 Å². The van der Waals surface area contributed by atoms with E-state index in [0.29, 0.717) is 5.56 Å². The molecule has 0 saturated heterocycles. The Morgan fingerprint density at radius 2 is 1.84 bits per heavy atom. The molecule has 98 valence electrons. The maximum absolute atomic E-state index is 11.9. The van der Waals surface area contributed by atoms with Crippen molar-refractivity contribution in [2.45, 2.75) is 6.92 Å². The molecule has 1 heterocycles. The van der Waals surface area contributed by atoms with E-state index in [-0.39, 0.29) is 11.2 Å². The van der Waals surface area contributed by atoms with Gasteiger partial charge in [0.15, 0.2) is 0 Å². The average molecular weight is 257 g/mol. The van der Waals surface area contributed by atoms with Crippen LogP contribution in [-0.4, -0.2) is 15.3 Å². The monoisotopic (exact) mass is 257 g/mol. The highest BCUT2D eigenvalue weighted by molar-refractivity contribution is 5.81. The van der Waals surface area contributed by atoms with Gasteiger partial charge in [-0.05, 0) is 18.6 Å². The largest absolute Gasteiger partial charge is 0.330 e. The number of hydrogen-bond donors (Lipinski definition) is 0. The van der Waals surface area contributed by atoms with E-state index < -0.39 is 0 Å². The quantitative estimate of drug-likeness (QED) is 0.758. The van der Waals surface area contributed by atoms with E-state index >= 15 is 0 Å². The molecule has 0 aliphatic rings. The van der Waals surface area contributed by atoms with Crippen LogP contribution in [0.5, 0.6) is 0 Å². The van der Waals surface area contributed by atoms with E-state index in [1.807, 2.05) is 31.2 Å². The molecule has 0 aliphatic heterocycles. The Morgan fingerprint density at radius 1 is 1.16 bits per heavy atom. The summed E-state index contributed by atoms with van der Waals surface area (Å²) in [5.41, 5.74) is 1.52. The van der Waals surface area contributed by atoms with Crippen molar-refractivity contribution < 1.29 is 0 Å². The molecule has 1 aromatic heterocycles. The molecular formula is C14H15N3O2. The predicted molar refractivity (Wildman–Crippen MR) is 75.4 cm³/mol. The lowest BCUT2D eigenvalue weighted by Gasteiger charge is -2.03. The minimum absolute atomic E-state index is 0.347. The highest BCUT2D eigenvalue weighted by Crippen LogP contribution is 2.16. The maximum Gasteiger partial charge on any atom is 0.330 e. The first kappa shape index (κ1) is 13.0. The number of benzene rings is 1. The van der Waals surface area contributed by atoms with Crippen molar-refractivity contribution in [1.82, 2.24) is 9.13 Å². The van der Waals surface area contributed by atoms with Gasteiger partial charge in [0.25, 0.3) is 5.56 Å². The highest BCUT2D eigenvalue weighted by Gasteiger charge is 2.04. The van der Waals surface area contributed by atoms with Gasteiger partial charge in [-0.25, -0.2) is 4.79 Å². The summed E-state index contributed by atoms with van der Waals surface area (Å²) in [4.78, 5) is 27.8. The van der Waals surface area contributed by atoms with Gasteiger partial charge in [0.2, 0.25) is 0 Å². The number of aliphatic imine (C=N–C) groups is 1. The SMILES string of the molecule is Cc1ccccc1N=Cc1cn(C)c(=O)n(C)c1=O. The molecule has 0 atom stereocenters. The van der Waals surface area contributed by atoms with Gasteiger partial charge in [0.1, 0.15) is 0 Å². The first-order valence-corrected chi connectivity index (χ1v) is 5.87. The Hall–Kier alpha value is -2.43. The summed E-state index contributed by atoms with van der Waals surface area (Å²) < 4.78 is 2.43. The van der Waals surface area contributed by atoms with Crippen LogP contribution in [-0.2, 0) is 14.1 Å². The number of para-hydroxylation sites is 1. The Kier molecular flexibility index (Phi) is 3.46. The van der Waals surface area contributed by atoms with Gasteiger partial charge >= 0.3 is 5.69 Å². The second-order valence-electron chi connectivity index (χ2n) is 4.39. The van der Waals surface area contributed by atoms with Gasteiger partial charge in [-0.3, -0.25) is 14.4 Å². The van der Waals surface area contributed by atoms with Crippen molar-refractivity contribution in [3.05, 3.63) is 62.4 Å². The van der Waals surface area contributed by atoms with E-state index in [1.54, 1.807) is 7.05 Å². The fraction of sp³-hybridized carbons (Fsp3) is 0.214. The fourth-order valence-corrected chi connectivity index (χ4v) is 1.77. The molecule has 1 aromatic carbocycles. The van der Waals surface area contributed by atoms with E-state index in [0.717, 1.165) is 15.8 Å². The molecular weight excluding hydrogens is 242 g/mol. The van der Waals surface area contributed by atoms with Crippen molar-refractivity contribution in [1.29, 1.82) is 0 Å². The molecule has 0 saturated carbocycles. The second kappa shape index (κ2) is 5.06. The predicted octanol–water partition coefficient (Wildman–Crippen LogP) is 1.14. The van der Waals surface area contributed by atoms with Gasteiger partial charge in [0.05, 0.1) is 11.3 Å². The zero-order valence-corrected chi connectivity index (χ0v) is 11.1. The van der Waals surface area contributed by atoms with E-state index in [2.05, 4.69) is 4.99 Å². The van der Waals surface area contributed by atoms with Crippen molar-refractivity contribution in [2.75, 3.05) is 0 Å². The van der Waals surface area contributed by atoms with Crippen LogP contribution >= 0.6 is 0 Å².